The van der Waals surface area contributed by atoms with Gasteiger partial charge in [-0.15, -0.1) is 12.4 Å². The van der Waals surface area contributed by atoms with Crippen molar-refractivity contribution in [1.29, 1.82) is 0 Å². The number of methoxy groups -OCH3 is 1. The lowest BCUT2D eigenvalue weighted by Crippen LogP contribution is -2.49. The van der Waals surface area contributed by atoms with Gasteiger partial charge in [0.15, 0.2) is 0 Å². The first kappa shape index (κ1) is 17.0. The lowest BCUT2D eigenvalue weighted by atomic mass is 10.2. The van der Waals surface area contributed by atoms with Crippen LogP contribution in [0.25, 0.3) is 0 Å². The van der Waals surface area contributed by atoms with E-state index in [-0.39, 0.29) is 24.9 Å². The number of hydrogen-bond acceptors (Lipinski definition) is 4. The van der Waals surface area contributed by atoms with E-state index in [0.29, 0.717) is 11.3 Å². The van der Waals surface area contributed by atoms with Crippen molar-refractivity contribution in [3.05, 3.63) is 0 Å². The highest BCUT2D eigenvalue weighted by atomic mass is 35.5. The Morgan fingerprint density at radius 3 is 2.88 bits per heavy atom. The van der Waals surface area contributed by atoms with Crippen LogP contribution < -0.4 is 11.1 Å². The van der Waals surface area contributed by atoms with Gasteiger partial charge in [0.2, 0.25) is 5.91 Å². The molecule has 3 unspecified atom stereocenters. The number of thioether (sulfide) groups is 1. The lowest BCUT2D eigenvalue weighted by Gasteiger charge is -2.22. The minimum absolute atomic E-state index is 0. The van der Waals surface area contributed by atoms with Gasteiger partial charge in [0.05, 0.1) is 6.61 Å². The molecule has 3 atom stereocenters. The third kappa shape index (κ3) is 5.46. The van der Waals surface area contributed by atoms with Gasteiger partial charge in [-0.1, -0.05) is 13.3 Å². The molecule has 0 saturated heterocycles. The smallest absolute Gasteiger partial charge is 0.239 e. The molecule has 0 spiro atoms. The van der Waals surface area contributed by atoms with Crippen LogP contribution in [-0.2, 0) is 9.53 Å². The van der Waals surface area contributed by atoms with Crippen molar-refractivity contribution in [3.63, 3.8) is 0 Å². The van der Waals surface area contributed by atoms with E-state index in [2.05, 4.69) is 12.2 Å². The van der Waals surface area contributed by atoms with Crippen LogP contribution in [0.4, 0.5) is 0 Å². The quantitative estimate of drug-likeness (QED) is 0.768. The summed E-state index contributed by atoms with van der Waals surface area (Å²) in [6.45, 7) is 2.43. The summed E-state index contributed by atoms with van der Waals surface area (Å²) in [5.74, 6) is 1.01. The van der Waals surface area contributed by atoms with Crippen LogP contribution in [0.15, 0.2) is 0 Å². The maximum Gasteiger partial charge on any atom is 0.239 e. The van der Waals surface area contributed by atoms with E-state index in [1.807, 2.05) is 11.8 Å². The van der Waals surface area contributed by atoms with Gasteiger partial charge in [0, 0.05) is 18.4 Å². The SMILES string of the molecule is CCSC1CCCC1NC(=O)C(N)COC.Cl. The van der Waals surface area contributed by atoms with Gasteiger partial charge in [0.1, 0.15) is 6.04 Å². The zero-order valence-electron chi connectivity index (χ0n) is 10.5. The van der Waals surface area contributed by atoms with E-state index in [9.17, 15) is 4.79 Å². The monoisotopic (exact) mass is 282 g/mol. The van der Waals surface area contributed by atoms with E-state index >= 15 is 0 Å². The van der Waals surface area contributed by atoms with Gasteiger partial charge >= 0.3 is 0 Å². The highest BCUT2D eigenvalue weighted by Crippen LogP contribution is 2.29. The molecule has 0 aromatic rings. The molecule has 0 aliphatic heterocycles. The summed E-state index contributed by atoms with van der Waals surface area (Å²) in [6.07, 6.45) is 3.47. The third-order valence-electron chi connectivity index (χ3n) is 2.84. The summed E-state index contributed by atoms with van der Waals surface area (Å²) in [5.41, 5.74) is 5.68. The highest BCUT2D eigenvalue weighted by Gasteiger charge is 2.29. The van der Waals surface area contributed by atoms with Crippen LogP contribution in [-0.4, -0.2) is 42.7 Å². The number of ether oxygens (including phenoxy) is 1. The first-order valence-corrected chi connectivity index (χ1v) is 6.90. The van der Waals surface area contributed by atoms with Crippen LogP contribution in [0.5, 0.6) is 0 Å². The highest BCUT2D eigenvalue weighted by molar-refractivity contribution is 7.99. The Hall–Kier alpha value is 0.0300. The van der Waals surface area contributed by atoms with Gasteiger partial charge in [0.25, 0.3) is 0 Å². The number of rotatable bonds is 6. The molecule has 6 heteroatoms. The number of amides is 1. The van der Waals surface area contributed by atoms with E-state index in [1.165, 1.54) is 12.8 Å². The Bertz CT molecular complexity index is 232. The molecule has 3 N–H and O–H groups in total. The molecule has 0 bridgehead atoms. The first-order valence-electron chi connectivity index (χ1n) is 5.85. The lowest BCUT2D eigenvalue weighted by molar-refractivity contribution is -0.124. The molecule has 1 fully saturated rings. The second-order valence-corrected chi connectivity index (χ2v) is 5.62. The average Bonchev–Trinajstić information content (AvgIpc) is 2.67. The fourth-order valence-electron chi connectivity index (χ4n) is 2.05. The molecule has 17 heavy (non-hydrogen) atoms. The predicted molar refractivity (Wildman–Crippen MR) is 74.8 cm³/mol. The predicted octanol–water partition coefficient (Wildman–Crippen LogP) is 1.17. The fraction of sp³-hybridized carbons (Fsp3) is 0.909. The number of halogens is 1. The molecule has 1 rings (SSSR count). The third-order valence-corrected chi connectivity index (χ3v) is 4.17. The Labute approximate surface area is 114 Å². The number of nitrogens with one attached hydrogen (secondary N) is 1. The second kappa shape index (κ2) is 9.03. The maximum absolute atomic E-state index is 11.7. The van der Waals surface area contributed by atoms with Crippen molar-refractivity contribution >= 4 is 30.1 Å². The molecule has 1 aliphatic rings. The minimum Gasteiger partial charge on any atom is -0.383 e. The maximum atomic E-state index is 11.7. The molecular formula is C11H23ClN2O2S. The van der Waals surface area contributed by atoms with Crippen molar-refractivity contribution in [1.82, 2.24) is 5.32 Å². The van der Waals surface area contributed by atoms with Gasteiger partial charge in [-0.25, -0.2) is 0 Å². The van der Waals surface area contributed by atoms with Gasteiger partial charge < -0.3 is 15.8 Å². The van der Waals surface area contributed by atoms with E-state index < -0.39 is 6.04 Å². The van der Waals surface area contributed by atoms with Crippen molar-refractivity contribution in [3.8, 4) is 0 Å². The van der Waals surface area contributed by atoms with Gasteiger partial charge in [-0.2, -0.15) is 11.8 Å². The molecule has 1 aliphatic carbocycles. The fourth-order valence-corrected chi connectivity index (χ4v) is 3.25. The van der Waals surface area contributed by atoms with Crippen LogP contribution in [0.1, 0.15) is 26.2 Å². The van der Waals surface area contributed by atoms with Crippen molar-refractivity contribution in [2.45, 2.75) is 43.5 Å². The molecule has 1 saturated carbocycles. The molecule has 0 heterocycles. The standard InChI is InChI=1S/C11H22N2O2S.ClH/c1-3-16-10-6-4-5-9(10)13-11(14)8(12)7-15-2;/h8-10H,3-7,12H2,1-2H3,(H,13,14);1H. The zero-order chi connectivity index (χ0) is 12.0. The molecule has 4 nitrogen and oxygen atoms in total. The molecule has 0 aromatic carbocycles. The van der Waals surface area contributed by atoms with E-state index in [1.54, 1.807) is 7.11 Å². The van der Waals surface area contributed by atoms with Crippen molar-refractivity contribution in [2.75, 3.05) is 19.5 Å². The van der Waals surface area contributed by atoms with Crippen LogP contribution >= 0.6 is 24.2 Å². The summed E-state index contributed by atoms with van der Waals surface area (Å²) in [4.78, 5) is 11.7. The van der Waals surface area contributed by atoms with Crippen LogP contribution in [0.3, 0.4) is 0 Å². The summed E-state index contributed by atoms with van der Waals surface area (Å²) >= 11 is 1.93. The molecule has 0 radical (unpaired) electrons. The number of carbonyl (C=O) groups excluding carboxylic acids is 1. The minimum atomic E-state index is -0.544. The van der Waals surface area contributed by atoms with Crippen molar-refractivity contribution < 1.29 is 9.53 Å². The molecule has 1 amide bonds. The normalized spacial score (nSPS) is 25.1. The molecule has 0 aromatic heterocycles. The van der Waals surface area contributed by atoms with Crippen LogP contribution in [0, 0.1) is 0 Å². The summed E-state index contributed by atoms with van der Waals surface area (Å²) in [6, 6.07) is -0.252. The summed E-state index contributed by atoms with van der Waals surface area (Å²) in [7, 11) is 1.55. The van der Waals surface area contributed by atoms with Crippen LogP contribution in [0.2, 0.25) is 0 Å². The molecular weight excluding hydrogens is 260 g/mol. The van der Waals surface area contributed by atoms with Crippen molar-refractivity contribution in [2.24, 2.45) is 5.73 Å². The van der Waals surface area contributed by atoms with E-state index in [4.69, 9.17) is 10.5 Å². The van der Waals surface area contributed by atoms with Gasteiger partial charge in [-0.3, -0.25) is 4.79 Å². The number of nitrogens with two attached hydrogens (primary N) is 1. The number of carbonyl (C=O) groups is 1. The summed E-state index contributed by atoms with van der Waals surface area (Å²) < 4.78 is 4.87. The molecule has 102 valence electrons. The largest absolute Gasteiger partial charge is 0.383 e. The zero-order valence-corrected chi connectivity index (χ0v) is 12.1. The average molecular weight is 283 g/mol. The summed E-state index contributed by atoms with van der Waals surface area (Å²) in [5, 5.41) is 3.59. The Morgan fingerprint density at radius 2 is 2.29 bits per heavy atom. The topological polar surface area (TPSA) is 64.4 Å². The Morgan fingerprint density at radius 1 is 1.59 bits per heavy atom. The second-order valence-electron chi connectivity index (χ2n) is 4.10. The number of hydrogen-bond donors (Lipinski definition) is 2. The van der Waals surface area contributed by atoms with E-state index in [0.717, 1.165) is 12.2 Å². The Balaban J connectivity index is 0.00000256. The first-order chi connectivity index (χ1) is 7.69. The van der Waals surface area contributed by atoms with Gasteiger partial charge in [-0.05, 0) is 18.6 Å². The Kier molecular flexibility index (Phi) is 9.04.